The molecule has 0 bridgehead atoms. The van der Waals surface area contributed by atoms with Crippen LogP contribution in [0.2, 0.25) is 0 Å². The van der Waals surface area contributed by atoms with Crippen molar-refractivity contribution in [3.05, 3.63) is 29.3 Å². The van der Waals surface area contributed by atoms with E-state index in [0.717, 1.165) is 0 Å². The lowest BCUT2D eigenvalue weighted by Gasteiger charge is -2.06. The van der Waals surface area contributed by atoms with Crippen molar-refractivity contribution in [2.45, 2.75) is 6.92 Å². The molecule has 18 heavy (non-hydrogen) atoms. The first-order valence-corrected chi connectivity index (χ1v) is 5.62. The Bertz CT molecular complexity index is 525. The van der Waals surface area contributed by atoms with Crippen molar-refractivity contribution in [3.8, 4) is 0 Å². The molecule has 0 saturated heterocycles. The van der Waals surface area contributed by atoms with E-state index in [1.54, 1.807) is 6.07 Å². The van der Waals surface area contributed by atoms with E-state index in [2.05, 4.69) is 16.0 Å². The minimum Gasteiger partial charge on any atom is -0.325 e. The minimum atomic E-state index is -0.433. The molecule has 94 valence electrons. The molecule has 0 aromatic heterocycles. The Labute approximate surface area is 104 Å². The van der Waals surface area contributed by atoms with Crippen LogP contribution in [0, 0.1) is 0 Å². The highest BCUT2D eigenvalue weighted by molar-refractivity contribution is 6.22. The maximum atomic E-state index is 11.5. The second-order valence-electron chi connectivity index (χ2n) is 3.87. The molecule has 1 heterocycles. The number of amides is 3. The van der Waals surface area contributed by atoms with Crippen LogP contribution < -0.4 is 16.0 Å². The maximum absolute atomic E-state index is 11.5. The molecule has 1 aliphatic heterocycles. The van der Waals surface area contributed by atoms with Crippen LogP contribution >= 0.6 is 0 Å². The fourth-order valence-corrected chi connectivity index (χ4v) is 1.69. The molecule has 3 N–H and O–H groups in total. The number of anilines is 1. The van der Waals surface area contributed by atoms with Crippen LogP contribution in [0.4, 0.5) is 5.69 Å². The van der Waals surface area contributed by atoms with Gasteiger partial charge in [-0.1, -0.05) is 6.92 Å². The molecule has 3 amide bonds. The van der Waals surface area contributed by atoms with Gasteiger partial charge in [0.1, 0.15) is 0 Å². The Morgan fingerprint density at radius 2 is 1.94 bits per heavy atom. The number of nitrogens with one attached hydrogen (secondary N) is 3. The molecule has 6 heteroatoms. The lowest BCUT2D eigenvalue weighted by molar-refractivity contribution is -0.115. The second kappa shape index (κ2) is 4.97. The van der Waals surface area contributed by atoms with Crippen LogP contribution in [0.3, 0.4) is 0 Å². The van der Waals surface area contributed by atoms with E-state index in [9.17, 15) is 14.4 Å². The topological polar surface area (TPSA) is 87.3 Å². The minimum absolute atomic E-state index is 0.193. The lowest BCUT2D eigenvalue weighted by atomic mass is 10.1. The monoisotopic (exact) mass is 247 g/mol. The zero-order valence-corrected chi connectivity index (χ0v) is 9.87. The normalized spacial score (nSPS) is 13.2. The number of imide groups is 1. The van der Waals surface area contributed by atoms with Gasteiger partial charge < -0.3 is 10.6 Å². The molecule has 0 saturated carbocycles. The number of hydrogen-bond donors (Lipinski definition) is 3. The third kappa shape index (κ3) is 2.38. The molecule has 1 aliphatic rings. The average Bonchev–Trinajstić information content (AvgIpc) is 2.62. The van der Waals surface area contributed by atoms with Gasteiger partial charge in [-0.3, -0.25) is 19.7 Å². The number of carbonyl (C=O) groups excluding carboxylic acids is 3. The molecular weight excluding hydrogens is 234 g/mol. The summed E-state index contributed by atoms with van der Waals surface area (Å²) in [6.45, 7) is 2.81. The second-order valence-corrected chi connectivity index (χ2v) is 3.87. The summed E-state index contributed by atoms with van der Waals surface area (Å²) in [5, 5.41) is 7.73. The Hall–Kier alpha value is -2.21. The molecule has 1 aromatic carbocycles. The maximum Gasteiger partial charge on any atom is 0.259 e. The first-order valence-electron chi connectivity index (χ1n) is 5.62. The van der Waals surface area contributed by atoms with E-state index in [1.165, 1.54) is 12.1 Å². The van der Waals surface area contributed by atoms with Gasteiger partial charge in [-0.15, -0.1) is 0 Å². The van der Waals surface area contributed by atoms with E-state index in [1.807, 2.05) is 6.92 Å². The highest BCUT2D eigenvalue weighted by Crippen LogP contribution is 2.20. The van der Waals surface area contributed by atoms with Gasteiger partial charge in [-0.2, -0.15) is 0 Å². The van der Waals surface area contributed by atoms with E-state index >= 15 is 0 Å². The first kappa shape index (κ1) is 12.3. The summed E-state index contributed by atoms with van der Waals surface area (Å²) < 4.78 is 0. The Kier molecular flexibility index (Phi) is 3.38. The molecule has 0 radical (unpaired) electrons. The van der Waals surface area contributed by atoms with Gasteiger partial charge in [-0.05, 0) is 24.7 Å². The molecule has 2 rings (SSSR count). The number of carbonyl (C=O) groups is 3. The van der Waals surface area contributed by atoms with Crippen molar-refractivity contribution in [2.75, 3.05) is 18.4 Å². The highest BCUT2D eigenvalue weighted by atomic mass is 16.2. The molecular formula is C12H13N3O3. The van der Waals surface area contributed by atoms with Crippen molar-refractivity contribution in [2.24, 2.45) is 0 Å². The van der Waals surface area contributed by atoms with E-state index in [0.29, 0.717) is 23.4 Å². The van der Waals surface area contributed by atoms with Crippen LogP contribution in [-0.2, 0) is 4.79 Å². The fraction of sp³-hybridized carbons (Fsp3) is 0.250. The number of hydrogen-bond acceptors (Lipinski definition) is 4. The fourth-order valence-electron chi connectivity index (χ4n) is 1.69. The van der Waals surface area contributed by atoms with Crippen molar-refractivity contribution in [3.63, 3.8) is 0 Å². The standard InChI is InChI=1S/C12H13N3O3/c1-2-13-6-10(16)14-7-3-4-8-9(5-7)12(18)15-11(8)17/h3-5,13H,2,6H2,1H3,(H,14,16)(H,15,17,18). The summed E-state index contributed by atoms with van der Waals surface area (Å²) in [5.41, 5.74) is 1.13. The van der Waals surface area contributed by atoms with Gasteiger partial charge in [-0.25, -0.2) is 0 Å². The molecule has 0 atom stereocenters. The molecule has 6 nitrogen and oxygen atoms in total. The Morgan fingerprint density at radius 1 is 1.22 bits per heavy atom. The quantitative estimate of drug-likeness (QED) is 0.659. The van der Waals surface area contributed by atoms with Gasteiger partial charge in [0.25, 0.3) is 11.8 Å². The van der Waals surface area contributed by atoms with Crippen LogP contribution in [0.15, 0.2) is 18.2 Å². The Morgan fingerprint density at radius 3 is 2.67 bits per heavy atom. The van der Waals surface area contributed by atoms with Gasteiger partial charge in [0.2, 0.25) is 5.91 Å². The molecule has 0 unspecified atom stereocenters. The molecule has 0 aliphatic carbocycles. The predicted molar refractivity (Wildman–Crippen MR) is 65.4 cm³/mol. The number of likely N-dealkylation sites (N-methyl/N-ethyl adjacent to an activating group) is 1. The highest BCUT2D eigenvalue weighted by Gasteiger charge is 2.26. The predicted octanol–water partition coefficient (Wildman–Crippen LogP) is 0.118. The molecule has 0 spiro atoms. The summed E-state index contributed by atoms with van der Waals surface area (Å²) in [4.78, 5) is 34.2. The summed E-state index contributed by atoms with van der Waals surface area (Å²) in [5.74, 6) is -1.03. The third-order valence-electron chi connectivity index (χ3n) is 2.56. The first-order chi connectivity index (χ1) is 8.61. The zero-order chi connectivity index (χ0) is 13.1. The van der Waals surface area contributed by atoms with Gasteiger partial charge >= 0.3 is 0 Å². The van der Waals surface area contributed by atoms with E-state index in [4.69, 9.17) is 0 Å². The summed E-state index contributed by atoms with van der Waals surface area (Å²) in [6.07, 6.45) is 0. The van der Waals surface area contributed by atoms with Crippen molar-refractivity contribution in [1.82, 2.24) is 10.6 Å². The van der Waals surface area contributed by atoms with Crippen molar-refractivity contribution < 1.29 is 14.4 Å². The lowest BCUT2D eigenvalue weighted by Crippen LogP contribution is -2.27. The average molecular weight is 247 g/mol. The third-order valence-corrected chi connectivity index (χ3v) is 2.56. The number of benzene rings is 1. The summed E-state index contributed by atoms with van der Waals surface area (Å²) in [7, 11) is 0. The van der Waals surface area contributed by atoms with Crippen molar-refractivity contribution in [1.29, 1.82) is 0 Å². The van der Waals surface area contributed by atoms with Crippen LogP contribution in [-0.4, -0.2) is 30.8 Å². The Balaban J connectivity index is 2.13. The van der Waals surface area contributed by atoms with Gasteiger partial charge in [0.05, 0.1) is 17.7 Å². The van der Waals surface area contributed by atoms with Crippen LogP contribution in [0.1, 0.15) is 27.6 Å². The van der Waals surface area contributed by atoms with E-state index < -0.39 is 11.8 Å². The van der Waals surface area contributed by atoms with Crippen molar-refractivity contribution >= 4 is 23.4 Å². The SMILES string of the molecule is CCNCC(=O)Nc1ccc2c(c1)C(=O)NC2=O. The summed E-state index contributed by atoms with van der Waals surface area (Å²) in [6, 6.07) is 4.62. The number of fused-ring (bicyclic) bond motifs is 1. The summed E-state index contributed by atoms with van der Waals surface area (Å²) >= 11 is 0. The smallest absolute Gasteiger partial charge is 0.259 e. The number of rotatable bonds is 4. The van der Waals surface area contributed by atoms with Crippen LogP contribution in [0.25, 0.3) is 0 Å². The van der Waals surface area contributed by atoms with Crippen LogP contribution in [0.5, 0.6) is 0 Å². The zero-order valence-electron chi connectivity index (χ0n) is 9.87. The molecule has 1 aromatic rings. The largest absolute Gasteiger partial charge is 0.325 e. The van der Waals surface area contributed by atoms with Gasteiger partial charge in [0.15, 0.2) is 0 Å². The van der Waals surface area contributed by atoms with E-state index in [-0.39, 0.29) is 12.5 Å². The molecule has 0 fully saturated rings. The van der Waals surface area contributed by atoms with Gasteiger partial charge in [0, 0.05) is 5.69 Å².